The lowest BCUT2D eigenvalue weighted by atomic mass is 9.81. The van der Waals surface area contributed by atoms with E-state index in [-0.39, 0.29) is 35.1 Å². The van der Waals surface area contributed by atoms with E-state index in [1.54, 1.807) is 18.2 Å². The highest BCUT2D eigenvalue weighted by Crippen LogP contribution is 2.47. The zero-order valence-electron chi connectivity index (χ0n) is 23.6. The number of carboxylic acid groups (broad SMARTS) is 1. The van der Waals surface area contributed by atoms with Gasteiger partial charge in [0.2, 0.25) is 11.8 Å². The van der Waals surface area contributed by atoms with Crippen LogP contribution >= 0.6 is 0 Å². The fraction of sp³-hybridized carbons (Fsp3) is 0.400. The zero-order valence-corrected chi connectivity index (χ0v) is 23.6. The minimum Gasteiger partial charge on any atom is -0.478 e. The average molecular weight is 551 g/mol. The summed E-state index contributed by atoms with van der Waals surface area (Å²) in [7, 11) is 0. The van der Waals surface area contributed by atoms with Gasteiger partial charge in [-0.25, -0.2) is 4.79 Å². The molecule has 2 amide bonds. The molecule has 6 rings (SSSR count). The predicted molar refractivity (Wildman–Crippen MR) is 158 cm³/mol. The number of aromatic carboxylic acids is 1. The Kier molecular flexibility index (Phi) is 7.65. The Morgan fingerprint density at radius 2 is 1.71 bits per heavy atom. The van der Waals surface area contributed by atoms with E-state index in [1.165, 1.54) is 5.56 Å². The van der Waals surface area contributed by atoms with E-state index in [0.29, 0.717) is 32.0 Å². The summed E-state index contributed by atoms with van der Waals surface area (Å²) in [6, 6.07) is 21.3. The van der Waals surface area contributed by atoms with Gasteiger partial charge in [-0.3, -0.25) is 9.59 Å². The molecular formula is C35H38N2O4. The third kappa shape index (κ3) is 5.79. The molecule has 6 nitrogen and oxygen atoms in total. The first kappa shape index (κ1) is 27.3. The number of carbonyl (C=O) groups excluding carboxylic acids is 2. The van der Waals surface area contributed by atoms with Gasteiger partial charge in [-0.1, -0.05) is 61.5 Å². The second-order valence-electron chi connectivity index (χ2n) is 12.2. The average Bonchev–Trinajstić information content (AvgIpc) is 3.81. The lowest BCUT2D eigenvalue weighted by Crippen LogP contribution is -2.41. The van der Waals surface area contributed by atoms with Gasteiger partial charge in [-0.2, -0.15) is 0 Å². The van der Waals surface area contributed by atoms with E-state index < -0.39 is 5.97 Å². The number of rotatable bonds is 7. The number of fused-ring (bicyclic) bond motifs is 1. The van der Waals surface area contributed by atoms with Crippen molar-refractivity contribution in [3.8, 4) is 11.1 Å². The van der Waals surface area contributed by atoms with Crippen molar-refractivity contribution in [3.05, 3.63) is 94.5 Å². The molecular weight excluding hydrogens is 512 g/mol. The van der Waals surface area contributed by atoms with Gasteiger partial charge in [0.05, 0.1) is 5.56 Å². The van der Waals surface area contributed by atoms with E-state index in [0.717, 1.165) is 59.9 Å². The monoisotopic (exact) mass is 550 g/mol. The van der Waals surface area contributed by atoms with Gasteiger partial charge < -0.3 is 15.3 Å². The Labute approximate surface area is 241 Å². The smallest absolute Gasteiger partial charge is 0.335 e. The molecule has 2 aliphatic carbocycles. The highest BCUT2D eigenvalue weighted by Gasteiger charge is 2.43. The lowest BCUT2D eigenvalue weighted by Gasteiger charge is -2.36. The second-order valence-corrected chi connectivity index (χ2v) is 12.2. The van der Waals surface area contributed by atoms with Crippen LogP contribution in [0, 0.1) is 17.8 Å². The van der Waals surface area contributed by atoms with E-state index in [4.69, 9.17) is 0 Å². The summed E-state index contributed by atoms with van der Waals surface area (Å²) in [6.07, 6.45) is 5.70. The van der Waals surface area contributed by atoms with Gasteiger partial charge in [0.15, 0.2) is 0 Å². The number of hydrogen-bond acceptors (Lipinski definition) is 3. The number of nitrogens with zero attached hydrogens (tertiary/aromatic N) is 1. The molecule has 0 aromatic heterocycles. The van der Waals surface area contributed by atoms with E-state index >= 15 is 0 Å². The normalized spacial score (nSPS) is 23.4. The highest BCUT2D eigenvalue weighted by molar-refractivity contribution is 5.90. The van der Waals surface area contributed by atoms with Crippen LogP contribution in [-0.2, 0) is 29.1 Å². The van der Waals surface area contributed by atoms with Crippen molar-refractivity contribution in [2.75, 3.05) is 6.54 Å². The second kappa shape index (κ2) is 11.5. The summed E-state index contributed by atoms with van der Waals surface area (Å²) in [5.41, 5.74) is 6.59. The predicted octanol–water partition coefficient (Wildman–Crippen LogP) is 6.18. The van der Waals surface area contributed by atoms with Crippen molar-refractivity contribution < 1.29 is 19.5 Å². The van der Waals surface area contributed by atoms with Crippen molar-refractivity contribution in [2.45, 2.75) is 64.5 Å². The summed E-state index contributed by atoms with van der Waals surface area (Å²) >= 11 is 0. The number of carboxylic acids is 1. The molecule has 3 aromatic carbocycles. The maximum absolute atomic E-state index is 13.6. The molecule has 2 N–H and O–H groups in total. The minimum absolute atomic E-state index is 0.00183. The SMILES string of the molecule is CC1CCC(C(=O)N2CCc3c(-c4cccc(C(=O)O)c4)ccc(CNC(=O)[C@@H]4C[C@@H]4c4ccccc4)c3C2)CC1. The number of nitrogens with one attached hydrogen (secondary N) is 1. The molecule has 1 heterocycles. The van der Waals surface area contributed by atoms with Crippen molar-refractivity contribution in [2.24, 2.45) is 17.8 Å². The van der Waals surface area contributed by atoms with Crippen LogP contribution < -0.4 is 5.32 Å². The van der Waals surface area contributed by atoms with Crippen LogP contribution in [-0.4, -0.2) is 34.3 Å². The Bertz CT molecular complexity index is 1460. The van der Waals surface area contributed by atoms with Crippen molar-refractivity contribution in [3.63, 3.8) is 0 Å². The Morgan fingerprint density at radius 1 is 0.927 bits per heavy atom. The van der Waals surface area contributed by atoms with Crippen LogP contribution in [0.2, 0.25) is 0 Å². The molecule has 1 aliphatic heterocycles. The van der Waals surface area contributed by atoms with Crippen molar-refractivity contribution in [1.82, 2.24) is 10.2 Å². The topological polar surface area (TPSA) is 86.7 Å². The molecule has 0 radical (unpaired) electrons. The Hall–Kier alpha value is -3.93. The molecule has 0 bridgehead atoms. The number of benzene rings is 3. The summed E-state index contributed by atoms with van der Waals surface area (Å²) in [4.78, 5) is 40.3. The first-order chi connectivity index (χ1) is 19.9. The molecule has 0 saturated heterocycles. The standard InChI is InChI=1S/C35H38N2O4/c1-22-10-12-24(13-11-22)34(39)37-17-16-29-28(25-8-5-9-26(18-25)35(40)41)15-14-27(32(29)21-37)20-36-33(38)31-19-30(31)23-6-3-2-4-7-23/h2-9,14-15,18,22,24,30-31H,10-13,16-17,19-21H2,1H3,(H,36,38)(H,40,41)/t22?,24?,30-,31-/m1/s1. The van der Waals surface area contributed by atoms with Crippen LogP contribution in [0.5, 0.6) is 0 Å². The summed E-state index contributed by atoms with van der Waals surface area (Å²) < 4.78 is 0. The third-order valence-corrected chi connectivity index (χ3v) is 9.41. The van der Waals surface area contributed by atoms with E-state index in [9.17, 15) is 19.5 Å². The lowest BCUT2D eigenvalue weighted by molar-refractivity contribution is -0.137. The molecule has 2 atom stereocenters. The molecule has 2 fully saturated rings. The van der Waals surface area contributed by atoms with Gasteiger partial charge in [0, 0.05) is 31.5 Å². The first-order valence-electron chi connectivity index (χ1n) is 15.0. The van der Waals surface area contributed by atoms with Gasteiger partial charge in [-0.15, -0.1) is 0 Å². The van der Waals surface area contributed by atoms with Gasteiger partial charge in [-0.05, 0) is 95.9 Å². The minimum atomic E-state index is -0.951. The molecule has 6 heteroatoms. The molecule has 212 valence electrons. The molecule has 0 unspecified atom stereocenters. The van der Waals surface area contributed by atoms with Crippen LogP contribution in [0.1, 0.15) is 77.6 Å². The third-order valence-electron chi connectivity index (χ3n) is 9.41. The summed E-state index contributed by atoms with van der Waals surface area (Å²) in [6.45, 7) is 3.86. The number of carbonyl (C=O) groups is 3. The fourth-order valence-electron chi connectivity index (χ4n) is 6.82. The van der Waals surface area contributed by atoms with E-state index in [2.05, 4.69) is 24.4 Å². The van der Waals surface area contributed by atoms with Crippen molar-refractivity contribution in [1.29, 1.82) is 0 Å². The molecule has 3 aliphatic rings. The Balaban J connectivity index is 1.25. The largest absolute Gasteiger partial charge is 0.478 e. The van der Waals surface area contributed by atoms with Crippen LogP contribution in [0.4, 0.5) is 0 Å². The van der Waals surface area contributed by atoms with Crippen molar-refractivity contribution >= 4 is 17.8 Å². The zero-order chi connectivity index (χ0) is 28.5. The van der Waals surface area contributed by atoms with Gasteiger partial charge >= 0.3 is 5.97 Å². The quantitative estimate of drug-likeness (QED) is 0.368. The number of hydrogen-bond donors (Lipinski definition) is 2. The molecule has 41 heavy (non-hydrogen) atoms. The van der Waals surface area contributed by atoms with Crippen LogP contribution in [0.3, 0.4) is 0 Å². The molecule has 3 aromatic rings. The van der Waals surface area contributed by atoms with Crippen LogP contribution in [0.15, 0.2) is 66.7 Å². The molecule has 2 saturated carbocycles. The fourth-order valence-corrected chi connectivity index (χ4v) is 6.82. The Morgan fingerprint density at radius 3 is 2.46 bits per heavy atom. The maximum atomic E-state index is 13.6. The summed E-state index contributed by atoms with van der Waals surface area (Å²) in [5, 5.41) is 12.7. The molecule has 0 spiro atoms. The van der Waals surface area contributed by atoms with Crippen LogP contribution in [0.25, 0.3) is 11.1 Å². The highest BCUT2D eigenvalue weighted by atomic mass is 16.4. The number of amides is 2. The van der Waals surface area contributed by atoms with E-state index in [1.807, 2.05) is 41.3 Å². The first-order valence-corrected chi connectivity index (χ1v) is 15.0. The maximum Gasteiger partial charge on any atom is 0.335 e. The summed E-state index contributed by atoms with van der Waals surface area (Å²) in [5.74, 6) is 0.431. The van der Waals surface area contributed by atoms with Gasteiger partial charge in [0.1, 0.15) is 0 Å². The van der Waals surface area contributed by atoms with Gasteiger partial charge in [0.25, 0.3) is 0 Å².